The second kappa shape index (κ2) is 16.3. The van der Waals surface area contributed by atoms with Gasteiger partial charge in [-0.25, -0.2) is 0 Å². The van der Waals surface area contributed by atoms with Gasteiger partial charge in [0, 0.05) is 42.9 Å². The van der Waals surface area contributed by atoms with Crippen LogP contribution < -0.4 is 0 Å². The zero-order valence-electron chi connectivity index (χ0n) is 30.1. The number of amides is 1. The van der Waals surface area contributed by atoms with Crippen molar-refractivity contribution in [3.8, 4) is 19.5 Å². The summed E-state index contributed by atoms with van der Waals surface area (Å²) < 4.78 is 0. The second-order valence-corrected chi connectivity index (χ2v) is 18.1. The Morgan fingerprint density at radius 2 is 1.30 bits per heavy atom. The van der Waals surface area contributed by atoms with Gasteiger partial charge < -0.3 is 4.90 Å². The highest BCUT2D eigenvalue weighted by atomic mass is 32.1. The first kappa shape index (κ1) is 35.9. The Morgan fingerprint density at radius 3 is 1.93 bits per heavy atom. The van der Waals surface area contributed by atoms with Crippen LogP contribution in [-0.2, 0) is 12.0 Å². The molecule has 0 aromatic carbocycles. The molecule has 5 heteroatoms. The van der Waals surface area contributed by atoms with Crippen LogP contribution in [0.2, 0.25) is 0 Å². The van der Waals surface area contributed by atoms with Crippen LogP contribution in [0.25, 0.3) is 19.5 Å². The Morgan fingerprint density at radius 1 is 0.717 bits per heavy atom. The zero-order valence-corrected chi connectivity index (χ0v) is 32.6. The van der Waals surface area contributed by atoms with Crippen LogP contribution in [0.4, 0.5) is 0 Å². The molecule has 46 heavy (non-hydrogen) atoms. The molecule has 0 fully saturated rings. The van der Waals surface area contributed by atoms with E-state index in [-0.39, 0.29) is 11.3 Å². The van der Waals surface area contributed by atoms with Crippen molar-refractivity contribution in [1.29, 1.82) is 0 Å². The minimum absolute atomic E-state index is 0.0936. The van der Waals surface area contributed by atoms with E-state index in [0.717, 1.165) is 36.9 Å². The number of carbonyl (C=O) groups is 1. The number of thiophene rings is 3. The molecule has 0 saturated heterocycles. The van der Waals surface area contributed by atoms with Gasteiger partial charge in [0.05, 0.1) is 10.4 Å². The first-order chi connectivity index (χ1) is 22.3. The molecular formula is C41H61NOS3. The van der Waals surface area contributed by atoms with Crippen molar-refractivity contribution in [3.63, 3.8) is 0 Å². The highest BCUT2D eigenvalue weighted by Crippen LogP contribution is 2.62. The summed E-state index contributed by atoms with van der Waals surface area (Å²) in [6.45, 7) is 18.1. The number of rotatable bonds is 20. The van der Waals surface area contributed by atoms with Crippen molar-refractivity contribution in [2.45, 2.75) is 163 Å². The maximum Gasteiger partial charge on any atom is 0.256 e. The van der Waals surface area contributed by atoms with E-state index in [2.05, 4.69) is 65.5 Å². The van der Waals surface area contributed by atoms with Crippen LogP contribution in [0.3, 0.4) is 0 Å². The third-order valence-corrected chi connectivity index (χ3v) is 14.9. The Kier molecular flexibility index (Phi) is 12.7. The average Bonchev–Trinajstić information content (AvgIpc) is 3.84. The maximum absolute atomic E-state index is 14.0. The molecule has 2 unspecified atom stereocenters. The summed E-state index contributed by atoms with van der Waals surface area (Å²) in [6.07, 6.45) is 20.6. The maximum atomic E-state index is 14.0. The number of fused-ring (bicyclic) bond motifs is 4. The van der Waals surface area contributed by atoms with Crippen molar-refractivity contribution in [2.75, 3.05) is 6.54 Å². The highest BCUT2D eigenvalue weighted by molar-refractivity contribution is 7.27. The van der Waals surface area contributed by atoms with E-state index in [1.807, 2.05) is 34.0 Å². The Labute approximate surface area is 293 Å². The molecule has 0 radical (unpaired) electrons. The summed E-state index contributed by atoms with van der Waals surface area (Å²) in [5.41, 5.74) is 5.68. The van der Waals surface area contributed by atoms with E-state index in [4.69, 9.17) is 0 Å². The molecule has 1 amide bonds. The van der Waals surface area contributed by atoms with Crippen molar-refractivity contribution in [2.24, 2.45) is 11.8 Å². The monoisotopic (exact) mass is 679 g/mol. The molecule has 0 saturated carbocycles. The van der Waals surface area contributed by atoms with Gasteiger partial charge >= 0.3 is 0 Å². The van der Waals surface area contributed by atoms with E-state index >= 15 is 0 Å². The third kappa shape index (κ3) is 7.27. The van der Waals surface area contributed by atoms with Crippen molar-refractivity contribution < 1.29 is 4.79 Å². The molecule has 1 aliphatic heterocycles. The standard InChI is InChI=1S/C41H61NOS3/c1-8-13-16-17-18-19-22-42-27-32-29(7)45-39(36(32)40(42)43)35-24-34-38(46-35)37-33(23-28(6)44-37)41(34,25-30(11-4)20-14-9-2)26-31(12-5)21-15-10-3/h23-24,30-31H,8-22,25-27H2,1-7H3. The molecule has 3 aromatic heterocycles. The molecule has 1 aliphatic carbocycles. The lowest BCUT2D eigenvalue weighted by molar-refractivity contribution is 0.0776. The van der Waals surface area contributed by atoms with Crippen LogP contribution in [0.5, 0.6) is 0 Å². The van der Waals surface area contributed by atoms with Gasteiger partial charge in [0.2, 0.25) is 0 Å². The summed E-state index contributed by atoms with van der Waals surface area (Å²) in [4.78, 5) is 24.6. The lowest BCUT2D eigenvalue weighted by atomic mass is 9.65. The topological polar surface area (TPSA) is 20.3 Å². The molecule has 5 rings (SSSR count). The molecule has 4 heterocycles. The zero-order chi connectivity index (χ0) is 32.8. The Bertz CT molecular complexity index is 1420. The second-order valence-electron chi connectivity index (χ2n) is 14.6. The Hall–Kier alpha value is -1.43. The summed E-state index contributed by atoms with van der Waals surface area (Å²) in [5.74, 6) is 1.78. The summed E-state index contributed by atoms with van der Waals surface area (Å²) >= 11 is 5.90. The minimum Gasteiger partial charge on any atom is -0.334 e. The van der Waals surface area contributed by atoms with E-state index in [1.165, 1.54) is 126 Å². The smallest absolute Gasteiger partial charge is 0.256 e. The van der Waals surface area contributed by atoms with Gasteiger partial charge in [-0.2, -0.15) is 0 Å². The van der Waals surface area contributed by atoms with E-state index in [1.54, 1.807) is 16.0 Å². The fraction of sp³-hybridized carbons (Fsp3) is 0.683. The normalized spacial score (nSPS) is 18.3. The molecule has 0 N–H and O–H groups in total. The van der Waals surface area contributed by atoms with Crippen LogP contribution in [0.1, 0.15) is 174 Å². The van der Waals surface area contributed by atoms with Crippen molar-refractivity contribution in [1.82, 2.24) is 4.90 Å². The fourth-order valence-corrected chi connectivity index (χ4v) is 12.3. The molecular weight excluding hydrogens is 619 g/mol. The van der Waals surface area contributed by atoms with Crippen LogP contribution in [-0.4, -0.2) is 17.4 Å². The van der Waals surface area contributed by atoms with E-state index < -0.39 is 0 Å². The van der Waals surface area contributed by atoms with Gasteiger partial charge in [-0.05, 0) is 73.8 Å². The molecule has 2 nitrogen and oxygen atoms in total. The van der Waals surface area contributed by atoms with E-state index in [9.17, 15) is 4.79 Å². The number of nitrogens with zero attached hydrogens (tertiary/aromatic N) is 1. The number of hydrogen-bond donors (Lipinski definition) is 0. The van der Waals surface area contributed by atoms with Gasteiger partial charge in [-0.15, -0.1) is 34.0 Å². The summed E-state index contributed by atoms with van der Waals surface area (Å²) in [5, 5.41) is 0. The lowest BCUT2D eigenvalue weighted by Crippen LogP contribution is -2.31. The quantitative estimate of drug-likeness (QED) is 0.109. The molecule has 254 valence electrons. The first-order valence-electron chi connectivity index (χ1n) is 19.0. The van der Waals surface area contributed by atoms with Gasteiger partial charge in [0.25, 0.3) is 5.91 Å². The average molecular weight is 680 g/mol. The summed E-state index contributed by atoms with van der Waals surface area (Å²) in [7, 11) is 0. The van der Waals surface area contributed by atoms with Gasteiger partial charge in [0.1, 0.15) is 0 Å². The minimum atomic E-state index is 0.0936. The van der Waals surface area contributed by atoms with Crippen LogP contribution in [0.15, 0.2) is 12.1 Å². The number of aryl methyl sites for hydroxylation is 2. The molecule has 2 atom stereocenters. The largest absolute Gasteiger partial charge is 0.334 e. The molecule has 0 bridgehead atoms. The first-order valence-corrected chi connectivity index (χ1v) is 21.4. The van der Waals surface area contributed by atoms with E-state index in [0.29, 0.717) is 0 Å². The van der Waals surface area contributed by atoms with Gasteiger partial charge in [-0.1, -0.05) is 118 Å². The predicted molar refractivity (Wildman–Crippen MR) is 205 cm³/mol. The molecule has 2 aliphatic rings. The SMILES string of the molecule is CCCCCCCCN1Cc2c(C)sc(-c3cc4c(s3)-c3sc(C)cc3C4(CC(CC)CCCC)CC(CC)CCCC)c2C1=O. The van der Waals surface area contributed by atoms with Gasteiger partial charge in [0.15, 0.2) is 0 Å². The predicted octanol–water partition coefficient (Wildman–Crippen LogP) is 14.0. The van der Waals surface area contributed by atoms with Crippen molar-refractivity contribution >= 4 is 39.9 Å². The molecule has 0 spiro atoms. The highest BCUT2D eigenvalue weighted by Gasteiger charge is 2.48. The Balaban J connectivity index is 1.51. The fourth-order valence-electron chi connectivity index (χ4n) is 8.46. The lowest BCUT2D eigenvalue weighted by Gasteiger charge is -2.37. The number of unbranched alkanes of at least 4 members (excludes halogenated alkanes) is 7. The van der Waals surface area contributed by atoms with Crippen LogP contribution in [0, 0.1) is 25.7 Å². The van der Waals surface area contributed by atoms with Crippen molar-refractivity contribution in [3.05, 3.63) is 44.1 Å². The van der Waals surface area contributed by atoms with Gasteiger partial charge in [-0.3, -0.25) is 4.79 Å². The third-order valence-electron chi connectivity index (χ3n) is 11.2. The number of carbonyl (C=O) groups excluding carboxylic acids is 1. The van der Waals surface area contributed by atoms with Crippen LogP contribution >= 0.6 is 34.0 Å². The number of hydrogen-bond acceptors (Lipinski definition) is 4. The summed E-state index contributed by atoms with van der Waals surface area (Å²) in [6, 6.07) is 5.17. The molecule has 3 aromatic rings.